The number of amides is 1. The molecule has 27 heavy (non-hydrogen) atoms. The summed E-state index contributed by atoms with van der Waals surface area (Å²) in [5, 5.41) is 0. The van der Waals surface area contributed by atoms with Gasteiger partial charge in [-0.15, -0.1) is 6.58 Å². The fourth-order valence-corrected chi connectivity index (χ4v) is 4.34. The Balaban J connectivity index is 2.05. The molecule has 1 amide bonds. The van der Waals surface area contributed by atoms with Crippen LogP contribution in [0.5, 0.6) is 0 Å². The van der Waals surface area contributed by atoms with Crippen molar-refractivity contribution in [3.63, 3.8) is 0 Å². The van der Waals surface area contributed by atoms with Crippen molar-refractivity contribution in [2.24, 2.45) is 4.99 Å². The summed E-state index contributed by atoms with van der Waals surface area (Å²) in [6.07, 6.45) is 6.00. The quantitative estimate of drug-likeness (QED) is 0.488. The van der Waals surface area contributed by atoms with E-state index in [0.29, 0.717) is 11.3 Å². The number of hydrogen-bond donors (Lipinski definition) is 0. The van der Waals surface area contributed by atoms with E-state index in [4.69, 9.17) is 0 Å². The van der Waals surface area contributed by atoms with E-state index >= 15 is 0 Å². The van der Waals surface area contributed by atoms with Gasteiger partial charge < -0.3 is 4.57 Å². The smallest absolute Gasteiger partial charge is 0.272 e. The highest BCUT2D eigenvalue weighted by Crippen LogP contribution is 2.22. The first-order chi connectivity index (χ1) is 12.9. The van der Waals surface area contributed by atoms with Gasteiger partial charge in [-0.2, -0.15) is 4.99 Å². The minimum absolute atomic E-state index is 0.240. The normalized spacial score (nSPS) is 12.7. The first-order valence-electron chi connectivity index (χ1n) is 8.14. The predicted molar refractivity (Wildman–Crippen MR) is 109 cm³/mol. The fraction of sp³-hybridized carbons (Fsp3) is 0.100. The van der Waals surface area contributed by atoms with E-state index in [9.17, 15) is 13.2 Å². The Hall–Kier alpha value is -2.77. The Labute approximate surface area is 161 Å². The standard InChI is InChI=1S/C20H18N2O3S2/c1-3-13-22-17-11-10-16(27(2,24)25)14-18(17)26-20(22)21-19(23)12-9-15-7-5-4-6-8-15/h3-12,14H,1,13H2,2H3/b12-9+,21-20?. The van der Waals surface area contributed by atoms with Gasteiger partial charge in [0.15, 0.2) is 14.6 Å². The minimum atomic E-state index is -3.30. The summed E-state index contributed by atoms with van der Waals surface area (Å²) in [5.74, 6) is -0.383. The molecule has 0 aliphatic rings. The van der Waals surface area contributed by atoms with Gasteiger partial charge >= 0.3 is 0 Å². The van der Waals surface area contributed by atoms with Crippen LogP contribution in [-0.2, 0) is 21.2 Å². The van der Waals surface area contributed by atoms with Crippen LogP contribution in [0.2, 0.25) is 0 Å². The SMILES string of the molecule is C=CCn1c(=NC(=O)/C=C/c2ccccc2)sc2cc(S(C)(=O)=O)ccc21. The molecule has 0 aliphatic carbocycles. The lowest BCUT2D eigenvalue weighted by molar-refractivity contribution is -0.113. The second kappa shape index (κ2) is 7.85. The molecule has 2 aromatic carbocycles. The summed E-state index contributed by atoms with van der Waals surface area (Å²) in [4.78, 5) is 17.2. The zero-order valence-electron chi connectivity index (χ0n) is 14.7. The highest BCUT2D eigenvalue weighted by atomic mass is 32.2. The summed E-state index contributed by atoms with van der Waals surface area (Å²) < 4.78 is 26.2. The van der Waals surface area contributed by atoms with Gasteiger partial charge in [0, 0.05) is 18.9 Å². The average Bonchev–Trinajstić information content (AvgIpc) is 2.97. The van der Waals surface area contributed by atoms with Gasteiger partial charge in [0.05, 0.1) is 15.1 Å². The van der Waals surface area contributed by atoms with Crippen LogP contribution in [0.3, 0.4) is 0 Å². The van der Waals surface area contributed by atoms with Crippen LogP contribution in [0.25, 0.3) is 16.3 Å². The zero-order valence-corrected chi connectivity index (χ0v) is 16.3. The third kappa shape index (κ3) is 4.50. The monoisotopic (exact) mass is 398 g/mol. The third-order valence-electron chi connectivity index (χ3n) is 3.82. The second-order valence-electron chi connectivity index (χ2n) is 5.88. The Kier molecular flexibility index (Phi) is 5.53. The molecule has 1 heterocycles. The lowest BCUT2D eigenvalue weighted by Crippen LogP contribution is -2.15. The number of nitrogens with zero attached hydrogens (tertiary/aromatic N) is 2. The Morgan fingerprint density at radius 1 is 1.22 bits per heavy atom. The van der Waals surface area contributed by atoms with Crippen molar-refractivity contribution in [2.75, 3.05) is 6.26 Å². The van der Waals surface area contributed by atoms with Gasteiger partial charge in [0.2, 0.25) is 0 Å². The van der Waals surface area contributed by atoms with Gasteiger partial charge in [0.1, 0.15) is 0 Å². The third-order valence-corrected chi connectivity index (χ3v) is 5.97. The summed E-state index contributed by atoms with van der Waals surface area (Å²) in [5.41, 5.74) is 1.72. The van der Waals surface area contributed by atoms with Gasteiger partial charge in [-0.05, 0) is 29.8 Å². The van der Waals surface area contributed by atoms with E-state index in [1.54, 1.807) is 30.4 Å². The minimum Gasteiger partial charge on any atom is -0.312 e. The Bertz CT molecular complexity index is 1200. The summed E-state index contributed by atoms with van der Waals surface area (Å²) in [7, 11) is -3.30. The molecule has 0 N–H and O–H groups in total. The molecule has 0 spiro atoms. The van der Waals surface area contributed by atoms with E-state index in [1.165, 1.54) is 23.7 Å². The van der Waals surface area contributed by atoms with Gasteiger partial charge in [-0.1, -0.05) is 47.7 Å². The van der Waals surface area contributed by atoms with Crippen molar-refractivity contribution >= 4 is 43.4 Å². The molecule has 3 rings (SSSR count). The van der Waals surface area contributed by atoms with Crippen LogP contribution in [0.15, 0.2) is 77.1 Å². The molecule has 0 saturated heterocycles. The number of carbonyl (C=O) groups is 1. The number of aromatic nitrogens is 1. The lowest BCUT2D eigenvalue weighted by atomic mass is 10.2. The largest absolute Gasteiger partial charge is 0.312 e. The molecule has 7 heteroatoms. The predicted octanol–water partition coefficient (Wildman–Crippen LogP) is 3.43. The first-order valence-corrected chi connectivity index (χ1v) is 10.9. The summed E-state index contributed by atoms with van der Waals surface area (Å²) in [6, 6.07) is 14.4. The molecule has 0 radical (unpaired) electrons. The molecular weight excluding hydrogens is 380 g/mol. The number of allylic oxidation sites excluding steroid dienone is 1. The highest BCUT2D eigenvalue weighted by Gasteiger charge is 2.12. The van der Waals surface area contributed by atoms with Crippen LogP contribution in [0.4, 0.5) is 0 Å². The van der Waals surface area contributed by atoms with Crippen LogP contribution in [0.1, 0.15) is 5.56 Å². The van der Waals surface area contributed by atoms with Gasteiger partial charge in [0.25, 0.3) is 5.91 Å². The first kappa shape index (κ1) is 19.0. The van der Waals surface area contributed by atoms with Crippen molar-refractivity contribution in [1.29, 1.82) is 0 Å². The summed E-state index contributed by atoms with van der Waals surface area (Å²) in [6.45, 7) is 4.21. The van der Waals surface area contributed by atoms with Crippen LogP contribution < -0.4 is 4.80 Å². The number of fused-ring (bicyclic) bond motifs is 1. The Morgan fingerprint density at radius 3 is 2.63 bits per heavy atom. The molecule has 0 aliphatic heterocycles. The number of rotatable bonds is 5. The van der Waals surface area contributed by atoms with Crippen molar-refractivity contribution in [3.8, 4) is 0 Å². The van der Waals surface area contributed by atoms with E-state index in [0.717, 1.165) is 15.8 Å². The maximum atomic E-state index is 12.3. The van der Waals surface area contributed by atoms with Crippen molar-refractivity contribution < 1.29 is 13.2 Å². The van der Waals surface area contributed by atoms with E-state index in [-0.39, 0.29) is 10.8 Å². The summed E-state index contributed by atoms with van der Waals surface area (Å²) >= 11 is 1.27. The average molecular weight is 399 g/mol. The van der Waals surface area contributed by atoms with Gasteiger partial charge in [-0.3, -0.25) is 4.79 Å². The van der Waals surface area contributed by atoms with Crippen LogP contribution >= 0.6 is 11.3 Å². The molecule has 138 valence electrons. The second-order valence-corrected chi connectivity index (χ2v) is 8.90. The van der Waals surface area contributed by atoms with Crippen molar-refractivity contribution in [3.05, 3.63) is 77.6 Å². The topological polar surface area (TPSA) is 68.5 Å². The molecule has 0 atom stereocenters. The molecule has 3 aromatic rings. The molecule has 1 aromatic heterocycles. The maximum absolute atomic E-state index is 12.3. The molecule has 0 saturated carbocycles. The molecular formula is C20H18N2O3S2. The van der Waals surface area contributed by atoms with Crippen LogP contribution in [0, 0.1) is 0 Å². The van der Waals surface area contributed by atoms with E-state index < -0.39 is 9.84 Å². The van der Waals surface area contributed by atoms with E-state index in [2.05, 4.69) is 11.6 Å². The fourth-order valence-electron chi connectivity index (χ4n) is 2.54. The van der Waals surface area contributed by atoms with Crippen molar-refractivity contribution in [1.82, 2.24) is 4.57 Å². The number of benzene rings is 2. The molecule has 5 nitrogen and oxygen atoms in total. The van der Waals surface area contributed by atoms with E-state index in [1.807, 2.05) is 34.9 Å². The number of hydrogen-bond acceptors (Lipinski definition) is 4. The number of carbonyl (C=O) groups excluding carboxylic acids is 1. The highest BCUT2D eigenvalue weighted by molar-refractivity contribution is 7.90. The van der Waals surface area contributed by atoms with Gasteiger partial charge in [-0.25, -0.2) is 8.42 Å². The molecule has 0 bridgehead atoms. The number of sulfone groups is 1. The lowest BCUT2D eigenvalue weighted by Gasteiger charge is -2.02. The molecule has 0 fully saturated rings. The Morgan fingerprint density at radius 2 is 1.96 bits per heavy atom. The van der Waals surface area contributed by atoms with Crippen LogP contribution in [-0.4, -0.2) is 25.1 Å². The number of thiazole rings is 1. The zero-order chi connectivity index (χ0) is 19.4. The molecule has 0 unspecified atom stereocenters. The maximum Gasteiger partial charge on any atom is 0.272 e. The van der Waals surface area contributed by atoms with Crippen molar-refractivity contribution in [2.45, 2.75) is 11.4 Å².